The number of hydrogen-bond acceptors (Lipinski definition) is 5. The molecular formula is C22H24ClN3O4. The molecule has 2 aliphatic rings. The van der Waals surface area contributed by atoms with Crippen molar-refractivity contribution in [1.82, 2.24) is 14.8 Å². The number of hydrogen-bond donors (Lipinski definition) is 0. The maximum absolute atomic E-state index is 12.6. The lowest BCUT2D eigenvalue weighted by Gasteiger charge is -2.32. The highest BCUT2D eigenvalue weighted by Gasteiger charge is 2.25. The van der Waals surface area contributed by atoms with Gasteiger partial charge in [0.1, 0.15) is 6.10 Å². The maximum Gasteiger partial charge on any atom is 0.255 e. The summed E-state index contributed by atoms with van der Waals surface area (Å²) in [5.41, 5.74) is 1.19. The largest absolute Gasteiger partial charge is 0.474 e. The van der Waals surface area contributed by atoms with Gasteiger partial charge in [-0.1, -0.05) is 11.6 Å². The molecular weight excluding hydrogens is 406 g/mol. The molecule has 2 aliphatic heterocycles. The number of likely N-dealkylation sites (tertiary alicyclic amines) is 1. The van der Waals surface area contributed by atoms with E-state index in [1.54, 1.807) is 47.5 Å². The molecule has 0 N–H and O–H groups in total. The summed E-state index contributed by atoms with van der Waals surface area (Å²) in [7, 11) is 0. The Labute approximate surface area is 180 Å². The summed E-state index contributed by atoms with van der Waals surface area (Å²) in [6, 6.07) is 10.4. The number of morpholine rings is 1. The summed E-state index contributed by atoms with van der Waals surface area (Å²) in [5, 5.41) is 0.615. The first kappa shape index (κ1) is 20.6. The Bertz CT molecular complexity index is 874. The number of piperidine rings is 1. The average Bonchev–Trinajstić information content (AvgIpc) is 2.80. The molecule has 8 heteroatoms. The number of pyridine rings is 1. The molecule has 2 saturated heterocycles. The van der Waals surface area contributed by atoms with Gasteiger partial charge < -0.3 is 19.3 Å². The van der Waals surface area contributed by atoms with Crippen LogP contribution in [0.5, 0.6) is 5.88 Å². The van der Waals surface area contributed by atoms with Gasteiger partial charge in [-0.25, -0.2) is 4.98 Å². The van der Waals surface area contributed by atoms with E-state index in [2.05, 4.69) is 4.98 Å². The molecule has 1 aromatic heterocycles. The Balaban J connectivity index is 1.28. The van der Waals surface area contributed by atoms with Crippen LogP contribution in [-0.4, -0.2) is 72.1 Å². The highest BCUT2D eigenvalue weighted by molar-refractivity contribution is 6.30. The van der Waals surface area contributed by atoms with Crippen LogP contribution in [0.25, 0.3) is 0 Å². The van der Waals surface area contributed by atoms with E-state index < -0.39 is 0 Å². The first-order valence-electron chi connectivity index (χ1n) is 10.1. The van der Waals surface area contributed by atoms with Gasteiger partial charge in [0.05, 0.1) is 18.8 Å². The van der Waals surface area contributed by atoms with Crippen molar-refractivity contribution in [3.63, 3.8) is 0 Å². The molecule has 0 aliphatic carbocycles. The van der Waals surface area contributed by atoms with Crippen LogP contribution in [0.3, 0.4) is 0 Å². The molecule has 0 atom stereocenters. The lowest BCUT2D eigenvalue weighted by atomic mass is 10.1. The second-order valence-corrected chi connectivity index (χ2v) is 7.84. The topological polar surface area (TPSA) is 72.0 Å². The molecule has 30 heavy (non-hydrogen) atoms. The molecule has 3 heterocycles. The maximum atomic E-state index is 12.6. The van der Waals surface area contributed by atoms with Gasteiger partial charge in [0.25, 0.3) is 11.8 Å². The third-order valence-electron chi connectivity index (χ3n) is 5.39. The van der Waals surface area contributed by atoms with Crippen LogP contribution >= 0.6 is 11.6 Å². The van der Waals surface area contributed by atoms with Crippen molar-refractivity contribution in [2.75, 3.05) is 39.4 Å². The van der Waals surface area contributed by atoms with Crippen molar-refractivity contribution >= 4 is 23.4 Å². The molecule has 2 amide bonds. The summed E-state index contributed by atoms with van der Waals surface area (Å²) >= 11 is 5.89. The van der Waals surface area contributed by atoms with E-state index in [1.807, 2.05) is 4.90 Å². The van der Waals surface area contributed by atoms with Crippen LogP contribution < -0.4 is 4.74 Å². The first-order chi connectivity index (χ1) is 14.6. The van der Waals surface area contributed by atoms with Gasteiger partial charge in [0.15, 0.2) is 0 Å². The zero-order chi connectivity index (χ0) is 20.9. The number of halogens is 1. The van der Waals surface area contributed by atoms with Gasteiger partial charge >= 0.3 is 0 Å². The lowest BCUT2D eigenvalue weighted by molar-refractivity contribution is 0.0302. The lowest BCUT2D eigenvalue weighted by Crippen LogP contribution is -2.42. The van der Waals surface area contributed by atoms with Crippen LogP contribution in [0.2, 0.25) is 5.02 Å². The van der Waals surface area contributed by atoms with Crippen LogP contribution in [-0.2, 0) is 4.74 Å². The standard InChI is InChI=1S/C22H24ClN3O4/c23-18-4-1-16(2-5-18)21(27)25-9-7-19(8-10-25)30-20-6-3-17(15-24-20)22(28)26-11-13-29-14-12-26/h1-6,15,19H,7-14H2. The molecule has 0 unspecified atom stereocenters. The van der Waals surface area contributed by atoms with Gasteiger partial charge in [-0.05, 0) is 30.3 Å². The van der Waals surface area contributed by atoms with E-state index in [0.29, 0.717) is 61.4 Å². The second-order valence-electron chi connectivity index (χ2n) is 7.41. The number of carbonyl (C=O) groups is 2. The fourth-order valence-electron chi connectivity index (χ4n) is 3.65. The van der Waals surface area contributed by atoms with Crippen molar-refractivity contribution in [1.29, 1.82) is 0 Å². The summed E-state index contributed by atoms with van der Waals surface area (Å²) < 4.78 is 11.3. The van der Waals surface area contributed by atoms with Crippen molar-refractivity contribution in [2.45, 2.75) is 18.9 Å². The van der Waals surface area contributed by atoms with Crippen LogP contribution in [0, 0.1) is 0 Å². The van der Waals surface area contributed by atoms with Crippen molar-refractivity contribution in [3.05, 3.63) is 58.7 Å². The van der Waals surface area contributed by atoms with E-state index in [1.165, 1.54) is 0 Å². The third-order valence-corrected chi connectivity index (χ3v) is 5.64. The predicted octanol–water partition coefficient (Wildman–Crippen LogP) is 2.89. The summed E-state index contributed by atoms with van der Waals surface area (Å²) in [6.45, 7) is 3.59. The van der Waals surface area contributed by atoms with Gasteiger partial charge in [0.2, 0.25) is 5.88 Å². The van der Waals surface area contributed by atoms with E-state index >= 15 is 0 Å². The number of rotatable bonds is 4. The average molecular weight is 430 g/mol. The summed E-state index contributed by atoms with van der Waals surface area (Å²) in [5.74, 6) is 0.469. The molecule has 2 fully saturated rings. The minimum Gasteiger partial charge on any atom is -0.474 e. The van der Waals surface area contributed by atoms with Crippen molar-refractivity contribution in [2.24, 2.45) is 0 Å². The Morgan fingerprint density at radius 1 is 0.900 bits per heavy atom. The van der Waals surface area contributed by atoms with Gasteiger partial charge in [0, 0.05) is 61.9 Å². The zero-order valence-electron chi connectivity index (χ0n) is 16.6. The van der Waals surface area contributed by atoms with Gasteiger partial charge in [-0.2, -0.15) is 0 Å². The second kappa shape index (κ2) is 9.45. The zero-order valence-corrected chi connectivity index (χ0v) is 17.4. The van der Waals surface area contributed by atoms with E-state index in [-0.39, 0.29) is 17.9 Å². The number of nitrogens with zero attached hydrogens (tertiary/aromatic N) is 3. The molecule has 0 saturated carbocycles. The molecule has 2 aromatic rings. The molecule has 1 aromatic carbocycles. The van der Waals surface area contributed by atoms with Crippen LogP contribution in [0.4, 0.5) is 0 Å². The SMILES string of the molecule is O=C(c1ccc(OC2CCN(C(=O)c3ccc(Cl)cc3)CC2)nc1)N1CCOCC1. The molecule has 4 rings (SSSR count). The number of ether oxygens (including phenoxy) is 2. The molecule has 0 spiro atoms. The fraction of sp³-hybridized carbons (Fsp3) is 0.409. The highest BCUT2D eigenvalue weighted by atomic mass is 35.5. The minimum atomic E-state index is -0.0358. The quantitative estimate of drug-likeness (QED) is 0.747. The van der Waals surface area contributed by atoms with Crippen LogP contribution in [0.1, 0.15) is 33.6 Å². The van der Waals surface area contributed by atoms with Gasteiger partial charge in [-0.15, -0.1) is 0 Å². The molecule has 0 bridgehead atoms. The number of benzene rings is 1. The fourth-order valence-corrected chi connectivity index (χ4v) is 3.77. The normalized spacial score (nSPS) is 17.6. The Kier molecular flexibility index (Phi) is 6.50. The van der Waals surface area contributed by atoms with E-state index in [9.17, 15) is 9.59 Å². The number of amides is 2. The predicted molar refractivity (Wildman–Crippen MR) is 112 cm³/mol. The molecule has 0 radical (unpaired) electrons. The first-order valence-corrected chi connectivity index (χ1v) is 10.5. The molecule has 7 nitrogen and oxygen atoms in total. The van der Waals surface area contributed by atoms with Crippen molar-refractivity contribution < 1.29 is 19.1 Å². The summed E-state index contributed by atoms with van der Waals surface area (Å²) in [4.78, 5) is 33.0. The Morgan fingerprint density at radius 2 is 1.50 bits per heavy atom. The number of aromatic nitrogens is 1. The Morgan fingerprint density at radius 3 is 2.13 bits per heavy atom. The number of carbonyl (C=O) groups excluding carboxylic acids is 2. The minimum absolute atomic E-state index is 0.00689. The summed E-state index contributed by atoms with van der Waals surface area (Å²) in [6.07, 6.45) is 3.02. The monoisotopic (exact) mass is 429 g/mol. The highest BCUT2D eigenvalue weighted by Crippen LogP contribution is 2.20. The smallest absolute Gasteiger partial charge is 0.255 e. The van der Waals surface area contributed by atoms with Crippen molar-refractivity contribution in [3.8, 4) is 5.88 Å². The van der Waals surface area contributed by atoms with Crippen LogP contribution in [0.15, 0.2) is 42.6 Å². The van der Waals surface area contributed by atoms with E-state index in [0.717, 1.165) is 12.8 Å². The van der Waals surface area contributed by atoms with Gasteiger partial charge in [-0.3, -0.25) is 9.59 Å². The van der Waals surface area contributed by atoms with E-state index in [4.69, 9.17) is 21.1 Å². The molecule has 158 valence electrons. The third kappa shape index (κ3) is 4.91. The Hall–Kier alpha value is -2.64.